The summed E-state index contributed by atoms with van der Waals surface area (Å²) >= 11 is 0. The molecule has 0 N–H and O–H groups in total. The van der Waals surface area contributed by atoms with E-state index in [1.807, 2.05) is 0 Å². The number of rotatable bonds is 12. The van der Waals surface area contributed by atoms with E-state index in [2.05, 4.69) is 50.0 Å². The fourth-order valence-electron chi connectivity index (χ4n) is 1.67. The van der Waals surface area contributed by atoms with Gasteiger partial charge in [-0.25, -0.2) is 0 Å². The minimum atomic E-state index is 0.165. The Balaban J connectivity index is 3.32. The van der Waals surface area contributed by atoms with Crippen molar-refractivity contribution in [3.05, 3.63) is 49.1 Å². The van der Waals surface area contributed by atoms with Crippen molar-refractivity contribution in [3.63, 3.8) is 0 Å². The van der Waals surface area contributed by atoms with Crippen LogP contribution in [0.1, 0.15) is 58.3 Å². The third-order valence-electron chi connectivity index (χ3n) is 2.80. The summed E-state index contributed by atoms with van der Waals surface area (Å²) in [5, 5.41) is 0. The highest BCUT2D eigenvalue weighted by Crippen LogP contribution is 2.05. The predicted octanol–water partition coefficient (Wildman–Crippen LogP) is 5.55. The van der Waals surface area contributed by atoms with Crippen LogP contribution in [0.5, 0.6) is 0 Å². The fourth-order valence-corrected chi connectivity index (χ4v) is 1.67. The first-order chi connectivity index (χ1) is 9.31. The van der Waals surface area contributed by atoms with Crippen LogP contribution in [0.3, 0.4) is 0 Å². The monoisotopic (exact) mass is 260 g/mol. The molecule has 0 bridgehead atoms. The van der Waals surface area contributed by atoms with E-state index in [0.717, 1.165) is 38.5 Å². The lowest BCUT2D eigenvalue weighted by atomic mass is 10.1. The molecule has 0 aliphatic rings. The Morgan fingerprint density at radius 3 is 2.16 bits per heavy atom. The number of ketones is 1. The summed E-state index contributed by atoms with van der Waals surface area (Å²) < 4.78 is 0. The number of unbranched alkanes of at least 4 members (excludes halogenated alkanes) is 3. The van der Waals surface area contributed by atoms with Gasteiger partial charge in [0.25, 0.3) is 0 Å². The molecule has 0 aromatic heterocycles. The SMILES string of the molecule is C=CC(=O)CCCCC/C=C\C/C=C\C/C=C\CC. The molecule has 106 valence electrons. The molecule has 0 fully saturated rings. The number of hydrogen-bond donors (Lipinski definition) is 0. The van der Waals surface area contributed by atoms with E-state index in [4.69, 9.17) is 0 Å². The maximum atomic E-state index is 11.0. The van der Waals surface area contributed by atoms with Crippen LogP contribution in [-0.2, 0) is 4.79 Å². The van der Waals surface area contributed by atoms with Crippen LogP contribution in [0, 0.1) is 0 Å². The lowest BCUT2D eigenvalue weighted by Gasteiger charge is -1.95. The lowest BCUT2D eigenvalue weighted by Crippen LogP contribution is -1.90. The van der Waals surface area contributed by atoms with Gasteiger partial charge in [-0.15, -0.1) is 0 Å². The quantitative estimate of drug-likeness (QED) is 0.255. The Morgan fingerprint density at radius 1 is 0.895 bits per heavy atom. The Morgan fingerprint density at radius 2 is 1.53 bits per heavy atom. The molecule has 0 heterocycles. The first-order valence-electron chi connectivity index (χ1n) is 7.41. The van der Waals surface area contributed by atoms with Crippen LogP contribution in [-0.4, -0.2) is 5.78 Å². The molecule has 0 aromatic carbocycles. The lowest BCUT2D eigenvalue weighted by molar-refractivity contribution is -0.114. The van der Waals surface area contributed by atoms with Gasteiger partial charge < -0.3 is 0 Å². The van der Waals surface area contributed by atoms with Crippen molar-refractivity contribution in [3.8, 4) is 0 Å². The van der Waals surface area contributed by atoms with Crippen LogP contribution in [0.25, 0.3) is 0 Å². The van der Waals surface area contributed by atoms with Crippen LogP contribution < -0.4 is 0 Å². The normalized spacial score (nSPS) is 11.8. The van der Waals surface area contributed by atoms with Gasteiger partial charge >= 0.3 is 0 Å². The molecule has 1 nitrogen and oxygen atoms in total. The zero-order valence-corrected chi connectivity index (χ0v) is 12.3. The predicted molar refractivity (Wildman–Crippen MR) is 85.2 cm³/mol. The van der Waals surface area contributed by atoms with E-state index in [9.17, 15) is 4.79 Å². The molecule has 19 heavy (non-hydrogen) atoms. The van der Waals surface area contributed by atoms with Gasteiger partial charge in [0.1, 0.15) is 0 Å². The molecule has 0 aliphatic heterocycles. The fraction of sp³-hybridized carbons (Fsp3) is 0.500. The maximum Gasteiger partial charge on any atom is 0.155 e. The van der Waals surface area contributed by atoms with Gasteiger partial charge in [-0.05, 0) is 44.6 Å². The average molecular weight is 260 g/mol. The molecule has 0 aromatic rings. The second-order valence-corrected chi connectivity index (χ2v) is 4.56. The van der Waals surface area contributed by atoms with Crippen LogP contribution in [0.2, 0.25) is 0 Å². The van der Waals surface area contributed by atoms with Crippen LogP contribution in [0.15, 0.2) is 49.1 Å². The molecule has 0 atom stereocenters. The summed E-state index contributed by atoms with van der Waals surface area (Å²) in [6, 6.07) is 0. The Kier molecular flexibility index (Phi) is 13.6. The number of allylic oxidation sites excluding steroid dienone is 7. The van der Waals surface area contributed by atoms with E-state index < -0.39 is 0 Å². The first-order valence-corrected chi connectivity index (χ1v) is 7.41. The number of carbonyl (C=O) groups is 1. The minimum absolute atomic E-state index is 0.165. The van der Waals surface area contributed by atoms with Gasteiger partial charge in [-0.3, -0.25) is 4.79 Å². The first kappa shape index (κ1) is 17.6. The van der Waals surface area contributed by atoms with Gasteiger partial charge in [0.2, 0.25) is 0 Å². The van der Waals surface area contributed by atoms with Crippen molar-refractivity contribution >= 4 is 5.78 Å². The third kappa shape index (κ3) is 14.6. The van der Waals surface area contributed by atoms with Crippen molar-refractivity contribution < 1.29 is 4.79 Å². The maximum absolute atomic E-state index is 11.0. The zero-order chi connectivity index (χ0) is 14.2. The van der Waals surface area contributed by atoms with E-state index in [1.54, 1.807) is 0 Å². The summed E-state index contributed by atoms with van der Waals surface area (Å²) in [5.41, 5.74) is 0. The van der Waals surface area contributed by atoms with E-state index in [-0.39, 0.29) is 5.78 Å². The summed E-state index contributed by atoms with van der Waals surface area (Å²) in [7, 11) is 0. The molecular formula is C18H28O. The molecule has 0 saturated carbocycles. The highest BCUT2D eigenvalue weighted by atomic mass is 16.1. The highest BCUT2D eigenvalue weighted by Gasteiger charge is 1.94. The Labute approximate surface area is 118 Å². The number of carbonyl (C=O) groups excluding carboxylic acids is 1. The summed E-state index contributed by atoms with van der Waals surface area (Å²) in [5.74, 6) is 0.165. The molecule has 1 heteroatoms. The van der Waals surface area contributed by atoms with Crippen molar-refractivity contribution in [1.82, 2.24) is 0 Å². The topological polar surface area (TPSA) is 17.1 Å². The van der Waals surface area contributed by atoms with Gasteiger partial charge in [0.05, 0.1) is 0 Å². The molecule has 0 aliphatic carbocycles. The van der Waals surface area contributed by atoms with E-state index >= 15 is 0 Å². The molecule has 0 saturated heterocycles. The van der Waals surface area contributed by atoms with Gasteiger partial charge in [0.15, 0.2) is 5.78 Å². The van der Waals surface area contributed by atoms with Crippen LogP contribution >= 0.6 is 0 Å². The molecule has 0 rings (SSSR count). The van der Waals surface area contributed by atoms with Gasteiger partial charge in [-0.1, -0.05) is 56.4 Å². The molecule has 0 radical (unpaired) electrons. The van der Waals surface area contributed by atoms with Crippen molar-refractivity contribution in [2.24, 2.45) is 0 Å². The summed E-state index contributed by atoms with van der Waals surface area (Å²) in [4.78, 5) is 11.0. The number of hydrogen-bond acceptors (Lipinski definition) is 1. The Bertz CT molecular complexity index is 308. The molecular weight excluding hydrogens is 232 g/mol. The van der Waals surface area contributed by atoms with Crippen LogP contribution in [0.4, 0.5) is 0 Å². The van der Waals surface area contributed by atoms with Crippen molar-refractivity contribution in [2.45, 2.75) is 58.3 Å². The smallest absolute Gasteiger partial charge is 0.155 e. The van der Waals surface area contributed by atoms with Gasteiger partial charge in [0, 0.05) is 6.42 Å². The summed E-state index contributed by atoms with van der Waals surface area (Å²) in [6.07, 6.45) is 22.9. The van der Waals surface area contributed by atoms with Gasteiger partial charge in [-0.2, -0.15) is 0 Å². The molecule has 0 spiro atoms. The average Bonchev–Trinajstić information content (AvgIpc) is 2.43. The third-order valence-corrected chi connectivity index (χ3v) is 2.80. The minimum Gasteiger partial charge on any atom is -0.295 e. The second-order valence-electron chi connectivity index (χ2n) is 4.56. The second kappa shape index (κ2) is 14.7. The van der Waals surface area contributed by atoms with Crippen molar-refractivity contribution in [2.75, 3.05) is 0 Å². The largest absolute Gasteiger partial charge is 0.295 e. The van der Waals surface area contributed by atoms with E-state index in [0.29, 0.717) is 6.42 Å². The Hall–Kier alpha value is -1.37. The molecule has 0 amide bonds. The summed E-state index contributed by atoms with van der Waals surface area (Å²) in [6.45, 7) is 5.62. The molecule has 0 unspecified atom stereocenters. The highest BCUT2D eigenvalue weighted by molar-refractivity contribution is 5.88. The van der Waals surface area contributed by atoms with Crippen molar-refractivity contribution in [1.29, 1.82) is 0 Å². The van der Waals surface area contributed by atoms with E-state index in [1.165, 1.54) is 12.5 Å². The standard InChI is InChI=1S/C18H28O/c1-3-5-6-7-8-9-10-11-12-13-14-15-16-17-18(19)4-2/h4-6,8-9,11-12H,2-3,7,10,13-17H2,1H3/b6-5-,9-8-,12-11-. The zero-order valence-electron chi connectivity index (χ0n) is 12.3.